The van der Waals surface area contributed by atoms with Crippen molar-refractivity contribution in [2.45, 2.75) is 52.2 Å². The minimum Gasteiger partial charge on any atom is -0.485 e. The minimum atomic E-state index is -0.791. The molecule has 0 fully saturated rings. The van der Waals surface area contributed by atoms with E-state index in [1.165, 1.54) is 10.6 Å². The predicted molar refractivity (Wildman–Crippen MR) is 125 cm³/mol. The van der Waals surface area contributed by atoms with Crippen LogP contribution >= 0.6 is 0 Å². The number of ether oxygens (including phenoxy) is 1. The smallest absolute Gasteiger partial charge is 0.350 e. The van der Waals surface area contributed by atoms with Crippen molar-refractivity contribution in [2.24, 2.45) is 7.05 Å². The summed E-state index contributed by atoms with van der Waals surface area (Å²) < 4.78 is 23.7. The molecule has 34 heavy (non-hydrogen) atoms. The van der Waals surface area contributed by atoms with Gasteiger partial charge in [0.2, 0.25) is 0 Å². The number of carbonyl (C=O) groups excluding carboxylic acids is 1. The number of aromatic nitrogens is 3. The highest BCUT2D eigenvalue weighted by Gasteiger charge is 2.24. The Balaban J connectivity index is 2.09. The number of rotatable bonds is 9. The molecule has 3 aromatic rings. The van der Waals surface area contributed by atoms with Crippen LogP contribution < -0.4 is 15.7 Å². The van der Waals surface area contributed by atoms with Crippen LogP contribution in [0.4, 0.5) is 4.39 Å². The number of nitriles is 1. The zero-order chi connectivity index (χ0) is 24.8. The summed E-state index contributed by atoms with van der Waals surface area (Å²) in [5.74, 6) is -0.757. The molecule has 2 unspecified atom stereocenters. The highest BCUT2D eigenvalue weighted by Crippen LogP contribution is 2.30. The first-order valence-corrected chi connectivity index (χ1v) is 11.2. The van der Waals surface area contributed by atoms with E-state index in [4.69, 9.17) is 10.00 Å². The summed E-state index contributed by atoms with van der Waals surface area (Å²) >= 11 is 0. The molecular weight excluding hydrogens is 437 g/mol. The highest BCUT2D eigenvalue weighted by atomic mass is 19.1. The average Bonchev–Trinajstić information content (AvgIpc) is 3.13. The molecule has 1 amide bonds. The average molecular weight is 466 g/mol. The Morgan fingerprint density at radius 2 is 1.97 bits per heavy atom. The van der Waals surface area contributed by atoms with E-state index >= 15 is 4.39 Å². The highest BCUT2D eigenvalue weighted by molar-refractivity contribution is 5.97. The molecule has 1 aromatic heterocycles. The van der Waals surface area contributed by atoms with Gasteiger partial charge in [-0.3, -0.25) is 9.36 Å². The molecule has 1 N–H and O–H groups in total. The van der Waals surface area contributed by atoms with Crippen LogP contribution in [-0.2, 0) is 13.5 Å². The Kier molecular flexibility index (Phi) is 7.84. The van der Waals surface area contributed by atoms with Gasteiger partial charge in [-0.15, -0.1) is 5.10 Å². The number of benzene rings is 2. The molecular formula is C25H28FN5O3. The molecule has 0 aliphatic rings. The van der Waals surface area contributed by atoms with Crippen LogP contribution in [-0.4, -0.2) is 26.3 Å². The van der Waals surface area contributed by atoms with E-state index in [2.05, 4.69) is 10.4 Å². The van der Waals surface area contributed by atoms with Crippen molar-refractivity contribution >= 4 is 5.91 Å². The van der Waals surface area contributed by atoms with Crippen molar-refractivity contribution in [1.29, 1.82) is 5.26 Å². The Labute approximate surface area is 197 Å². The van der Waals surface area contributed by atoms with E-state index in [-0.39, 0.29) is 29.5 Å². The molecule has 0 bridgehead atoms. The number of aryl methyl sites for hydroxylation is 1. The standard InChI is InChI=1S/C25H28FN5O3/c1-5-18(12-13-27)28-24(32)19-14-20(26)21(31-25(33)30(4)23(6-2)29-31)15-22(19)34-16(3)17-10-8-7-9-11-17/h7-11,14-16,18H,5-6,12H2,1-4H3,(H,28,32). The quantitative estimate of drug-likeness (QED) is 0.517. The van der Waals surface area contributed by atoms with Gasteiger partial charge >= 0.3 is 5.69 Å². The van der Waals surface area contributed by atoms with Gasteiger partial charge in [-0.1, -0.05) is 44.2 Å². The maximum absolute atomic E-state index is 15.2. The molecule has 0 aliphatic carbocycles. The van der Waals surface area contributed by atoms with Gasteiger partial charge < -0.3 is 10.1 Å². The zero-order valence-electron chi connectivity index (χ0n) is 19.7. The number of hydrogen-bond acceptors (Lipinski definition) is 5. The second-order valence-electron chi connectivity index (χ2n) is 7.93. The number of nitrogens with one attached hydrogen (secondary N) is 1. The summed E-state index contributed by atoms with van der Waals surface area (Å²) in [6, 6.07) is 13.4. The third-order valence-corrected chi connectivity index (χ3v) is 5.65. The lowest BCUT2D eigenvalue weighted by Crippen LogP contribution is -2.34. The van der Waals surface area contributed by atoms with Gasteiger partial charge in [0.05, 0.1) is 18.1 Å². The SMILES string of the molecule is CCc1nn(-c2cc(OC(C)c3ccccc3)c(C(=O)NC(CC)CC#N)cc2F)c(=O)n1C. The number of nitrogens with zero attached hydrogens (tertiary/aromatic N) is 4. The number of carbonyl (C=O) groups is 1. The fourth-order valence-corrected chi connectivity index (χ4v) is 3.58. The van der Waals surface area contributed by atoms with Gasteiger partial charge in [0.1, 0.15) is 29.2 Å². The number of halogens is 1. The van der Waals surface area contributed by atoms with Crippen LogP contribution in [0.25, 0.3) is 5.69 Å². The van der Waals surface area contributed by atoms with Crippen molar-refractivity contribution in [3.63, 3.8) is 0 Å². The fourth-order valence-electron chi connectivity index (χ4n) is 3.58. The molecule has 2 atom stereocenters. The Morgan fingerprint density at radius 1 is 1.26 bits per heavy atom. The van der Waals surface area contributed by atoms with Gasteiger partial charge in [0, 0.05) is 25.6 Å². The van der Waals surface area contributed by atoms with Gasteiger partial charge in [-0.25, -0.2) is 9.18 Å². The number of hydrogen-bond donors (Lipinski definition) is 1. The summed E-state index contributed by atoms with van der Waals surface area (Å²) in [6.07, 6.45) is 0.702. The van der Waals surface area contributed by atoms with Crippen LogP contribution in [0.5, 0.6) is 5.75 Å². The summed E-state index contributed by atoms with van der Waals surface area (Å²) in [6.45, 7) is 5.50. The van der Waals surface area contributed by atoms with Gasteiger partial charge in [0.15, 0.2) is 0 Å². The maximum atomic E-state index is 15.2. The van der Waals surface area contributed by atoms with E-state index in [0.29, 0.717) is 18.7 Å². The molecule has 0 radical (unpaired) electrons. The van der Waals surface area contributed by atoms with Crippen molar-refractivity contribution in [3.05, 3.63) is 75.7 Å². The van der Waals surface area contributed by atoms with Crippen LogP contribution in [0.2, 0.25) is 0 Å². The van der Waals surface area contributed by atoms with Gasteiger partial charge in [-0.2, -0.15) is 9.94 Å². The third kappa shape index (κ3) is 5.17. The monoisotopic (exact) mass is 465 g/mol. The van der Waals surface area contributed by atoms with Crippen LogP contribution in [0.3, 0.4) is 0 Å². The minimum absolute atomic E-state index is 0.0277. The largest absolute Gasteiger partial charge is 0.485 e. The Hall–Kier alpha value is -3.93. The Morgan fingerprint density at radius 3 is 2.56 bits per heavy atom. The molecule has 3 rings (SSSR count). The molecule has 0 spiro atoms. The normalized spacial score (nSPS) is 12.6. The second kappa shape index (κ2) is 10.8. The van der Waals surface area contributed by atoms with Crippen molar-refractivity contribution in [1.82, 2.24) is 19.7 Å². The molecule has 2 aromatic carbocycles. The molecule has 0 aliphatic heterocycles. The van der Waals surface area contributed by atoms with E-state index in [9.17, 15) is 9.59 Å². The molecule has 8 nitrogen and oxygen atoms in total. The molecule has 9 heteroatoms. The van der Waals surface area contributed by atoms with Crippen molar-refractivity contribution < 1.29 is 13.9 Å². The summed E-state index contributed by atoms with van der Waals surface area (Å²) in [7, 11) is 1.57. The van der Waals surface area contributed by atoms with E-state index < -0.39 is 23.5 Å². The van der Waals surface area contributed by atoms with Crippen molar-refractivity contribution in [3.8, 4) is 17.5 Å². The molecule has 178 valence electrons. The van der Waals surface area contributed by atoms with Crippen molar-refractivity contribution in [2.75, 3.05) is 0 Å². The van der Waals surface area contributed by atoms with Crippen LogP contribution in [0, 0.1) is 17.1 Å². The first kappa shape index (κ1) is 24.7. The number of amides is 1. The second-order valence-corrected chi connectivity index (χ2v) is 7.93. The first-order chi connectivity index (χ1) is 16.3. The summed E-state index contributed by atoms with van der Waals surface area (Å²) in [5.41, 5.74) is 0.213. The zero-order valence-corrected chi connectivity index (χ0v) is 19.7. The van der Waals surface area contributed by atoms with Gasteiger partial charge in [-0.05, 0) is 25.0 Å². The van der Waals surface area contributed by atoms with E-state index in [0.717, 1.165) is 16.3 Å². The summed E-state index contributed by atoms with van der Waals surface area (Å²) in [5, 5.41) is 16.0. The lowest BCUT2D eigenvalue weighted by Gasteiger charge is -2.20. The molecule has 1 heterocycles. The lowest BCUT2D eigenvalue weighted by atomic mass is 10.1. The Bertz CT molecular complexity index is 1260. The third-order valence-electron chi connectivity index (χ3n) is 5.65. The predicted octanol–water partition coefficient (Wildman–Crippen LogP) is 3.83. The lowest BCUT2D eigenvalue weighted by molar-refractivity contribution is 0.0929. The van der Waals surface area contributed by atoms with Crippen LogP contribution in [0.15, 0.2) is 47.3 Å². The van der Waals surface area contributed by atoms with Gasteiger partial charge in [0.25, 0.3) is 5.91 Å². The van der Waals surface area contributed by atoms with E-state index in [1.807, 2.05) is 57.2 Å². The summed E-state index contributed by atoms with van der Waals surface area (Å²) in [4.78, 5) is 25.7. The molecule has 0 saturated heterocycles. The first-order valence-electron chi connectivity index (χ1n) is 11.2. The van der Waals surface area contributed by atoms with Crippen LogP contribution in [0.1, 0.15) is 61.5 Å². The fraction of sp³-hybridized carbons (Fsp3) is 0.360. The van der Waals surface area contributed by atoms with E-state index in [1.54, 1.807) is 7.05 Å². The molecule has 0 saturated carbocycles. The topological polar surface area (TPSA) is 102 Å². The maximum Gasteiger partial charge on any atom is 0.350 e.